The average Bonchev–Trinajstić information content (AvgIpc) is 3.07. The van der Waals surface area contributed by atoms with Gasteiger partial charge in [0, 0.05) is 31.0 Å². The number of benzene rings is 2. The highest BCUT2D eigenvalue weighted by atomic mass is 15.3. The summed E-state index contributed by atoms with van der Waals surface area (Å²) in [4.78, 5) is 2.19. The maximum Gasteiger partial charge on any atom is 0.0692 e. The molecular weight excluding hydrogens is 272 g/mol. The molecule has 22 heavy (non-hydrogen) atoms. The van der Waals surface area contributed by atoms with E-state index in [1.54, 1.807) is 0 Å². The second kappa shape index (κ2) is 6.45. The Balaban J connectivity index is 1.87. The van der Waals surface area contributed by atoms with E-state index >= 15 is 0 Å². The van der Waals surface area contributed by atoms with E-state index in [2.05, 4.69) is 29.2 Å². The van der Waals surface area contributed by atoms with Crippen molar-refractivity contribution in [2.45, 2.75) is 6.04 Å². The predicted octanol–water partition coefficient (Wildman–Crippen LogP) is 3.01. The van der Waals surface area contributed by atoms with Gasteiger partial charge in [0.2, 0.25) is 0 Å². The van der Waals surface area contributed by atoms with Gasteiger partial charge in [0.1, 0.15) is 0 Å². The number of nitrogens with zero attached hydrogens (tertiary/aromatic N) is 3. The van der Waals surface area contributed by atoms with Gasteiger partial charge in [-0.15, -0.1) is 0 Å². The van der Waals surface area contributed by atoms with Gasteiger partial charge in [0.25, 0.3) is 0 Å². The summed E-state index contributed by atoms with van der Waals surface area (Å²) >= 11 is 0. The maximum absolute atomic E-state index is 6.01. The van der Waals surface area contributed by atoms with Crippen molar-refractivity contribution < 1.29 is 0 Å². The fraction of sp³-hybridized carbons (Fsp3) is 0.167. The third-order valence-corrected chi connectivity index (χ3v) is 3.86. The van der Waals surface area contributed by atoms with Crippen molar-refractivity contribution in [3.05, 3.63) is 78.6 Å². The smallest absolute Gasteiger partial charge is 0.0692 e. The van der Waals surface area contributed by atoms with Crippen LogP contribution in [0.2, 0.25) is 0 Å². The largest absolute Gasteiger partial charge is 0.366 e. The van der Waals surface area contributed by atoms with Gasteiger partial charge >= 0.3 is 0 Å². The van der Waals surface area contributed by atoms with Crippen molar-refractivity contribution in [1.29, 1.82) is 0 Å². The zero-order valence-corrected chi connectivity index (χ0v) is 12.6. The van der Waals surface area contributed by atoms with Gasteiger partial charge in [-0.05, 0) is 24.3 Å². The van der Waals surface area contributed by atoms with E-state index in [0.717, 1.165) is 16.9 Å². The minimum absolute atomic E-state index is 0.0971. The van der Waals surface area contributed by atoms with Crippen LogP contribution in [0.15, 0.2) is 73.1 Å². The highest BCUT2D eigenvalue weighted by Crippen LogP contribution is 2.24. The van der Waals surface area contributed by atoms with Gasteiger partial charge in [-0.3, -0.25) is 0 Å². The SMILES string of the molecule is CN(c1ccccc1)C(CN)c1cnn(-c2ccccc2)c1. The lowest BCUT2D eigenvalue weighted by atomic mass is 10.1. The fourth-order valence-electron chi connectivity index (χ4n) is 2.59. The Bertz CT molecular complexity index is 706. The minimum Gasteiger partial charge on any atom is -0.366 e. The first-order valence-electron chi connectivity index (χ1n) is 7.37. The standard InChI is InChI=1S/C18H20N4/c1-21(16-8-4-2-5-9-16)18(12-19)15-13-20-22(14-15)17-10-6-3-7-11-17/h2-11,13-14,18H,12,19H2,1H3. The second-order valence-electron chi connectivity index (χ2n) is 5.25. The number of nitrogens with two attached hydrogens (primary N) is 1. The zero-order valence-electron chi connectivity index (χ0n) is 12.6. The Labute approximate surface area is 130 Å². The molecule has 0 amide bonds. The topological polar surface area (TPSA) is 47.1 Å². The van der Waals surface area contributed by atoms with Crippen molar-refractivity contribution in [1.82, 2.24) is 9.78 Å². The fourth-order valence-corrected chi connectivity index (χ4v) is 2.59. The van der Waals surface area contributed by atoms with E-state index in [9.17, 15) is 0 Å². The van der Waals surface area contributed by atoms with Gasteiger partial charge in [-0.1, -0.05) is 36.4 Å². The number of hydrogen-bond donors (Lipinski definition) is 1. The van der Waals surface area contributed by atoms with Crippen LogP contribution in [0.5, 0.6) is 0 Å². The molecule has 3 rings (SSSR count). The molecule has 0 fully saturated rings. The molecule has 0 saturated carbocycles. The third kappa shape index (κ3) is 2.87. The van der Waals surface area contributed by atoms with Crippen LogP contribution in [0.1, 0.15) is 11.6 Å². The average molecular weight is 292 g/mol. The molecule has 1 unspecified atom stereocenters. The molecule has 0 aliphatic carbocycles. The second-order valence-corrected chi connectivity index (χ2v) is 5.25. The first kappa shape index (κ1) is 14.4. The summed E-state index contributed by atoms with van der Waals surface area (Å²) in [5.74, 6) is 0. The molecule has 0 spiro atoms. The summed E-state index contributed by atoms with van der Waals surface area (Å²) in [6, 6.07) is 20.4. The van der Waals surface area contributed by atoms with Crippen molar-refractivity contribution in [2.75, 3.05) is 18.5 Å². The van der Waals surface area contributed by atoms with Crippen LogP contribution in [0.3, 0.4) is 0 Å². The molecule has 3 aromatic rings. The third-order valence-electron chi connectivity index (χ3n) is 3.86. The molecule has 2 N–H and O–H groups in total. The van der Waals surface area contributed by atoms with Gasteiger partial charge in [0.05, 0.1) is 17.9 Å². The van der Waals surface area contributed by atoms with Crippen LogP contribution in [0, 0.1) is 0 Å². The Morgan fingerprint density at radius 1 is 1.05 bits per heavy atom. The number of aromatic nitrogens is 2. The molecule has 0 aliphatic rings. The Morgan fingerprint density at radius 3 is 2.32 bits per heavy atom. The molecule has 4 heteroatoms. The molecule has 0 saturated heterocycles. The molecule has 2 aromatic carbocycles. The van der Waals surface area contributed by atoms with Crippen LogP contribution in [-0.4, -0.2) is 23.4 Å². The predicted molar refractivity (Wildman–Crippen MR) is 90.2 cm³/mol. The van der Waals surface area contributed by atoms with E-state index < -0.39 is 0 Å². The van der Waals surface area contributed by atoms with Gasteiger partial charge in [-0.25, -0.2) is 4.68 Å². The number of hydrogen-bond acceptors (Lipinski definition) is 3. The highest BCUT2D eigenvalue weighted by Gasteiger charge is 2.18. The highest BCUT2D eigenvalue weighted by molar-refractivity contribution is 5.48. The van der Waals surface area contributed by atoms with E-state index in [4.69, 9.17) is 5.73 Å². The van der Waals surface area contributed by atoms with Crippen molar-refractivity contribution >= 4 is 5.69 Å². The first-order chi connectivity index (χ1) is 10.8. The van der Waals surface area contributed by atoms with Crippen LogP contribution in [0.4, 0.5) is 5.69 Å². The first-order valence-corrected chi connectivity index (χ1v) is 7.37. The Hall–Kier alpha value is -2.59. The molecule has 1 atom stereocenters. The maximum atomic E-state index is 6.01. The lowest BCUT2D eigenvalue weighted by Crippen LogP contribution is -2.30. The van der Waals surface area contributed by atoms with Crippen molar-refractivity contribution in [3.8, 4) is 5.69 Å². The summed E-state index contributed by atoms with van der Waals surface area (Å²) < 4.78 is 1.89. The molecule has 112 valence electrons. The Kier molecular flexibility index (Phi) is 4.21. The summed E-state index contributed by atoms with van der Waals surface area (Å²) in [7, 11) is 2.06. The Morgan fingerprint density at radius 2 is 1.68 bits per heavy atom. The van der Waals surface area contributed by atoms with Gasteiger partial charge in [-0.2, -0.15) is 5.10 Å². The number of likely N-dealkylation sites (N-methyl/N-ethyl adjacent to an activating group) is 1. The van der Waals surface area contributed by atoms with Crippen LogP contribution >= 0.6 is 0 Å². The molecule has 0 bridgehead atoms. The lowest BCUT2D eigenvalue weighted by Gasteiger charge is -2.28. The van der Waals surface area contributed by atoms with Crippen LogP contribution in [-0.2, 0) is 0 Å². The summed E-state index contributed by atoms with van der Waals surface area (Å²) in [6.07, 6.45) is 3.94. The van der Waals surface area contributed by atoms with E-state index in [0.29, 0.717) is 6.54 Å². The van der Waals surface area contributed by atoms with Crippen molar-refractivity contribution in [3.63, 3.8) is 0 Å². The molecule has 0 radical (unpaired) electrons. The quantitative estimate of drug-likeness (QED) is 0.786. The lowest BCUT2D eigenvalue weighted by molar-refractivity contribution is 0.680. The molecule has 1 heterocycles. The molecular formula is C18H20N4. The van der Waals surface area contributed by atoms with Gasteiger partial charge < -0.3 is 10.6 Å². The summed E-state index contributed by atoms with van der Waals surface area (Å²) in [6.45, 7) is 0.534. The normalized spacial score (nSPS) is 12.1. The molecule has 4 nitrogen and oxygen atoms in total. The number of rotatable bonds is 5. The monoisotopic (exact) mass is 292 g/mol. The van der Waals surface area contributed by atoms with E-state index in [-0.39, 0.29) is 6.04 Å². The summed E-state index contributed by atoms with van der Waals surface area (Å²) in [5, 5.41) is 4.47. The van der Waals surface area contributed by atoms with Crippen molar-refractivity contribution in [2.24, 2.45) is 5.73 Å². The number of anilines is 1. The van der Waals surface area contributed by atoms with Gasteiger partial charge in [0.15, 0.2) is 0 Å². The van der Waals surface area contributed by atoms with E-state index in [1.165, 1.54) is 0 Å². The minimum atomic E-state index is 0.0971. The van der Waals surface area contributed by atoms with Crippen LogP contribution < -0.4 is 10.6 Å². The summed E-state index contributed by atoms with van der Waals surface area (Å²) in [5.41, 5.74) is 9.31. The number of para-hydroxylation sites is 2. The van der Waals surface area contributed by atoms with E-state index in [1.807, 2.05) is 65.6 Å². The van der Waals surface area contributed by atoms with Crippen LogP contribution in [0.25, 0.3) is 5.69 Å². The molecule has 0 aliphatic heterocycles. The zero-order chi connectivity index (χ0) is 15.4. The molecule has 1 aromatic heterocycles.